The minimum absolute atomic E-state index is 0.0335. The monoisotopic (exact) mass is 234 g/mol. The quantitative estimate of drug-likeness (QED) is 0.770. The van der Waals surface area contributed by atoms with Gasteiger partial charge in [-0.3, -0.25) is 9.59 Å². The SMILES string of the molecule is CCC(=O)CC(O)c1ccc(C(=O)CC)cc1. The number of carbonyl (C=O) groups excluding carboxylic acids is 2. The van der Waals surface area contributed by atoms with Crippen molar-refractivity contribution in [2.75, 3.05) is 0 Å². The molecule has 0 saturated heterocycles. The van der Waals surface area contributed by atoms with Gasteiger partial charge in [0.15, 0.2) is 5.78 Å². The molecule has 0 bridgehead atoms. The maximum atomic E-state index is 11.4. The summed E-state index contributed by atoms with van der Waals surface area (Å²) >= 11 is 0. The maximum absolute atomic E-state index is 11.4. The van der Waals surface area contributed by atoms with E-state index in [4.69, 9.17) is 0 Å². The van der Waals surface area contributed by atoms with Gasteiger partial charge < -0.3 is 5.11 Å². The average Bonchev–Trinajstić information content (AvgIpc) is 2.37. The molecule has 1 aromatic carbocycles. The Balaban J connectivity index is 2.73. The molecule has 3 heteroatoms. The molecule has 0 radical (unpaired) electrons. The highest BCUT2D eigenvalue weighted by Gasteiger charge is 2.12. The number of Topliss-reactive ketones (excluding diaryl/α,β-unsaturated/α-hetero) is 2. The fourth-order valence-electron chi connectivity index (χ4n) is 1.57. The lowest BCUT2D eigenvalue weighted by molar-refractivity contribution is -0.120. The number of hydrogen-bond acceptors (Lipinski definition) is 3. The molecule has 0 saturated carbocycles. The van der Waals surface area contributed by atoms with Crippen molar-refractivity contribution in [2.45, 2.75) is 39.2 Å². The van der Waals surface area contributed by atoms with E-state index in [9.17, 15) is 14.7 Å². The van der Waals surface area contributed by atoms with E-state index < -0.39 is 6.10 Å². The molecule has 1 rings (SSSR count). The number of ketones is 2. The van der Waals surface area contributed by atoms with E-state index in [-0.39, 0.29) is 18.0 Å². The van der Waals surface area contributed by atoms with Crippen LogP contribution in [0.5, 0.6) is 0 Å². The lowest BCUT2D eigenvalue weighted by atomic mass is 10.0. The van der Waals surface area contributed by atoms with Crippen LogP contribution in [0.4, 0.5) is 0 Å². The molecule has 92 valence electrons. The lowest BCUT2D eigenvalue weighted by Crippen LogP contribution is -2.06. The van der Waals surface area contributed by atoms with E-state index in [1.165, 1.54) is 0 Å². The zero-order valence-corrected chi connectivity index (χ0v) is 10.3. The van der Waals surface area contributed by atoms with Crippen LogP contribution in [0.15, 0.2) is 24.3 Å². The van der Waals surface area contributed by atoms with Gasteiger partial charge in [0.05, 0.1) is 6.10 Å². The number of benzene rings is 1. The highest BCUT2D eigenvalue weighted by Crippen LogP contribution is 2.18. The number of aliphatic hydroxyl groups excluding tert-OH is 1. The molecule has 0 aliphatic rings. The number of carbonyl (C=O) groups is 2. The summed E-state index contributed by atoms with van der Waals surface area (Å²) in [4.78, 5) is 22.6. The minimum Gasteiger partial charge on any atom is -0.388 e. The van der Waals surface area contributed by atoms with E-state index in [0.717, 1.165) is 0 Å². The van der Waals surface area contributed by atoms with Gasteiger partial charge in [-0.1, -0.05) is 38.1 Å². The van der Waals surface area contributed by atoms with Gasteiger partial charge in [0.1, 0.15) is 5.78 Å². The number of rotatable bonds is 6. The van der Waals surface area contributed by atoms with Crippen molar-refractivity contribution >= 4 is 11.6 Å². The molecule has 3 nitrogen and oxygen atoms in total. The third kappa shape index (κ3) is 3.79. The summed E-state index contributed by atoms with van der Waals surface area (Å²) in [5, 5.41) is 9.80. The normalized spacial score (nSPS) is 12.2. The molecular weight excluding hydrogens is 216 g/mol. The number of aliphatic hydroxyl groups is 1. The van der Waals surface area contributed by atoms with Crippen LogP contribution in [0.1, 0.15) is 55.1 Å². The second-order valence-corrected chi connectivity index (χ2v) is 4.01. The average molecular weight is 234 g/mol. The Hall–Kier alpha value is -1.48. The van der Waals surface area contributed by atoms with E-state index in [2.05, 4.69) is 0 Å². The van der Waals surface area contributed by atoms with Crippen LogP contribution in [-0.2, 0) is 4.79 Å². The van der Waals surface area contributed by atoms with Crippen LogP contribution in [0.25, 0.3) is 0 Å². The maximum Gasteiger partial charge on any atom is 0.162 e. The van der Waals surface area contributed by atoms with Crippen molar-refractivity contribution in [1.82, 2.24) is 0 Å². The molecule has 1 atom stereocenters. The molecule has 1 unspecified atom stereocenters. The van der Waals surface area contributed by atoms with Crippen LogP contribution in [0, 0.1) is 0 Å². The van der Waals surface area contributed by atoms with E-state index >= 15 is 0 Å². The van der Waals surface area contributed by atoms with Crippen molar-refractivity contribution in [3.05, 3.63) is 35.4 Å². The standard InChI is InChI=1S/C14H18O3/c1-3-12(15)9-14(17)11-7-5-10(6-8-11)13(16)4-2/h5-8,14,17H,3-4,9H2,1-2H3. The van der Waals surface area contributed by atoms with E-state index in [1.807, 2.05) is 6.92 Å². The van der Waals surface area contributed by atoms with Crippen LogP contribution in [0.3, 0.4) is 0 Å². The topological polar surface area (TPSA) is 54.4 Å². The van der Waals surface area contributed by atoms with Gasteiger partial charge in [0.25, 0.3) is 0 Å². The third-order valence-electron chi connectivity index (χ3n) is 2.75. The predicted octanol–water partition coefficient (Wildman–Crippen LogP) is 2.68. The van der Waals surface area contributed by atoms with Crippen LogP contribution < -0.4 is 0 Å². The molecule has 0 aromatic heterocycles. The van der Waals surface area contributed by atoms with Crippen LogP contribution in [-0.4, -0.2) is 16.7 Å². The molecule has 0 fully saturated rings. The van der Waals surface area contributed by atoms with Crippen molar-refractivity contribution in [1.29, 1.82) is 0 Å². The Morgan fingerprint density at radius 2 is 1.71 bits per heavy atom. The van der Waals surface area contributed by atoms with Gasteiger partial charge in [-0.2, -0.15) is 0 Å². The fourth-order valence-corrected chi connectivity index (χ4v) is 1.57. The summed E-state index contributed by atoms with van der Waals surface area (Å²) in [6.07, 6.45) is 0.269. The van der Waals surface area contributed by atoms with Gasteiger partial charge in [0, 0.05) is 24.8 Å². The second-order valence-electron chi connectivity index (χ2n) is 4.01. The first kappa shape index (κ1) is 13.6. The fraction of sp³-hybridized carbons (Fsp3) is 0.429. The van der Waals surface area contributed by atoms with Crippen molar-refractivity contribution < 1.29 is 14.7 Å². The molecule has 0 aliphatic carbocycles. The first-order valence-electron chi connectivity index (χ1n) is 5.91. The van der Waals surface area contributed by atoms with E-state index in [1.54, 1.807) is 31.2 Å². The molecule has 17 heavy (non-hydrogen) atoms. The summed E-state index contributed by atoms with van der Waals surface area (Å²) in [6.45, 7) is 3.59. The molecule has 0 amide bonds. The van der Waals surface area contributed by atoms with Crippen LogP contribution >= 0.6 is 0 Å². The first-order chi connectivity index (χ1) is 8.08. The summed E-state index contributed by atoms with van der Waals surface area (Å²) in [5.74, 6) is 0.113. The second kappa shape index (κ2) is 6.30. The van der Waals surface area contributed by atoms with Crippen molar-refractivity contribution in [3.8, 4) is 0 Å². The summed E-state index contributed by atoms with van der Waals surface area (Å²) in [5.41, 5.74) is 1.32. The van der Waals surface area contributed by atoms with Crippen LogP contribution in [0.2, 0.25) is 0 Å². The Bertz CT molecular complexity index is 392. The largest absolute Gasteiger partial charge is 0.388 e. The smallest absolute Gasteiger partial charge is 0.162 e. The van der Waals surface area contributed by atoms with E-state index in [0.29, 0.717) is 24.0 Å². The highest BCUT2D eigenvalue weighted by molar-refractivity contribution is 5.95. The molecular formula is C14H18O3. The summed E-state index contributed by atoms with van der Waals surface area (Å²) in [6, 6.07) is 6.80. The Morgan fingerprint density at radius 3 is 2.18 bits per heavy atom. The summed E-state index contributed by atoms with van der Waals surface area (Å²) in [7, 11) is 0. The molecule has 0 spiro atoms. The van der Waals surface area contributed by atoms with Crippen molar-refractivity contribution in [3.63, 3.8) is 0 Å². The zero-order chi connectivity index (χ0) is 12.8. The Labute approximate surface area is 101 Å². The highest BCUT2D eigenvalue weighted by atomic mass is 16.3. The lowest BCUT2D eigenvalue weighted by Gasteiger charge is -2.10. The van der Waals surface area contributed by atoms with Gasteiger partial charge >= 0.3 is 0 Å². The van der Waals surface area contributed by atoms with Crippen molar-refractivity contribution in [2.24, 2.45) is 0 Å². The molecule has 1 aromatic rings. The van der Waals surface area contributed by atoms with Gasteiger partial charge in [0.2, 0.25) is 0 Å². The Morgan fingerprint density at radius 1 is 1.12 bits per heavy atom. The molecule has 0 heterocycles. The molecule has 0 aliphatic heterocycles. The summed E-state index contributed by atoms with van der Waals surface area (Å²) < 4.78 is 0. The minimum atomic E-state index is -0.770. The zero-order valence-electron chi connectivity index (χ0n) is 10.3. The van der Waals surface area contributed by atoms with Gasteiger partial charge in [-0.05, 0) is 5.56 Å². The Kier molecular flexibility index (Phi) is 5.04. The number of hydrogen-bond donors (Lipinski definition) is 1. The predicted molar refractivity (Wildman–Crippen MR) is 65.9 cm³/mol. The van der Waals surface area contributed by atoms with Gasteiger partial charge in [-0.25, -0.2) is 0 Å². The third-order valence-corrected chi connectivity index (χ3v) is 2.75. The molecule has 1 N–H and O–H groups in total. The van der Waals surface area contributed by atoms with Gasteiger partial charge in [-0.15, -0.1) is 0 Å². The first-order valence-corrected chi connectivity index (χ1v) is 5.91.